The van der Waals surface area contributed by atoms with Crippen molar-refractivity contribution in [2.45, 2.75) is 46.1 Å². The highest BCUT2D eigenvalue weighted by atomic mass is 16.5. The Morgan fingerprint density at radius 1 is 1.19 bits per heavy atom. The minimum absolute atomic E-state index is 0.0276. The highest BCUT2D eigenvalue weighted by Crippen LogP contribution is 2.27. The molecule has 1 aliphatic heterocycles. The van der Waals surface area contributed by atoms with Gasteiger partial charge in [0.25, 0.3) is 5.91 Å². The number of para-hydroxylation sites is 1. The number of aryl methyl sites for hydroxylation is 1. The minimum atomic E-state index is -0.446. The van der Waals surface area contributed by atoms with Crippen LogP contribution in [0.15, 0.2) is 42.5 Å². The van der Waals surface area contributed by atoms with Gasteiger partial charge in [-0.3, -0.25) is 4.79 Å². The number of nitrogens with one attached hydrogen (secondary N) is 1. The zero-order valence-corrected chi connectivity index (χ0v) is 16.6. The number of carbonyl (C=O) groups excluding carboxylic acids is 1. The molecular formula is C23H30N2O2. The lowest BCUT2D eigenvalue weighted by molar-refractivity contribution is -0.128. The molecule has 144 valence electrons. The fourth-order valence-electron chi connectivity index (χ4n) is 3.56. The van der Waals surface area contributed by atoms with Crippen LogP contribution in [0.3, 0.4) is 0 Å². The fourth-order valence-corrected chi connectivity index (χ4v) is 3.56. The van der Waals surface area contributed by atoms with E-state index in [4.69, 9.17) is 4.74 Å². The summed E-state index contributed by atoms with van der Waals surface area (Å²) in [6.45, 7) is 8.77. The van der Waals surface area contributed by atoms with Gasteiger partial charge in [0.2, 0.25) is 0 Å². The van der Waals surface area contributed by atoms with Gasteiger partial charge in [-0.2, -0.15) is 0 Å². The summed E-state index contributed by atoms with van der Waals surface area (Å²) in [4.78, 5) is 14.9. The lowest BCUT2D eigenvalue weighted by Gasteiger charge is -2.21. The quantitative estimate of drug-likeness (QED) is 0.717. The van der Waals surface area contributed by atoms with Gasteiger partial charge in [0.05, 0.1) is 0 Å². The number of benzene rings is 2. The molecule has 0 saturated heterocycles. The molecule has 4 nitrogen and oxygen atoms in total. The van der Waals surface area contributed by atoms with Gasteiger partial charge in [-0.1, -0.05) is 37.3 Å². The van der Waals surface area contributed by atoms with E-state index in [1.54, 1.807) is 0 Å². The second kappa shape index (κ2) is 8.94. The van der Waals surface area contributed by atoms with Crippen LogP contribution in [-0.4, -0.2) is 31.6 Å². The Morgan fingerprint density at radius 3 is 2.81 bits per heavy atom. The van der Waals surface area contributed by atoms with E-state index in [1.165, 1.54) is 16.8 Å². The number of hydrogen-bond acceptors (Lipinski definition) is 3. The van der Waals surface area contributed by atoms with E-state index in [1.807, 2.05) is 26.0 Å². The van der Waals surface area contributed by atoms with Gasteiger partial charge in [0, 0.05) is 25.3 Å². The maximum atomic E-state index is 12.5. The van der Waals surface area contributed by atoms with Gasteiger partial charge >= 0.3 is 0 Å². The Labute approximate surface area is 162 Å². The van der Waals surface area contributed by atoms with E-state index >= 15 is 0 Å². The van der Waals surface area contributed by atoms with Gasteiger partial charge < -0.3 is 15.0 Å². The molecular weight excluding hydrogens is 336 g/mol. The van der Waals surface area contributed by atoms with Crippen molar-refractivity contribution in [1.82, 2.24) is 5.32 Å². The average Bonchev–Trinajstić information content (AvgIpc) is 3.09. The van der Waals surface area contributed by atoms with Crippen LogP contribution in [0.25, 0.3) is 0 Å². The molecule has 0 radical (unpaired) electrons. The van der Waals surface area contributed by atoms with Crippen molar-refractivity contribution in [2.75, 3.05) is 24.5 Å². The first kappa shape index (κ1) is 19.3. The largest absolute Gasteiger partial charge is 0.480 e. The molecule has 3 rings (SSSR count). The third kappa shape index (κ3) is 4.62. The third-order valence-electron chi connectivity index (χ3n) is 5.37. The number of amides is 1. The summed E-state index contributed by atoms with van der Waals surface area (Å²) in [7, 11) is 0. The molecule has 1 amide bonds. The molecule has 0 fully saturated rings. The number of rotatable bonds is 8. The highest BCUT2D eigenvalue weighted by Gasteiger charge is 2.20. The van der Waals surface area contributed by atoms with E-state index in [2.05, 4.69) is 47.5 Å². The lowest BCUT2D eigenvalue weighted by atomic mass is 10.1. The summed E-state index contributed by atoms with van der Waals surface area (Å²) in [6.07, 6.45) is 2.25. The fraction of sp³-hybridized carbons (Fsp3) is 0.435. The Bertz CT molecular complexity index is 788. The van der Waals surface area contributed by atoms with Gasteiger partial charge in [0.1, 0.15) is 5.75 Å². The number of carbonyl (C=O) groups is 1. The summed E-state index contributed by atoms with van der Waals surface area (Å²) in [5.74, 6) is 0.769. The number of nitrogens with zero attached hydrogens (tertiary/aromatic N) is 1. The van der Waals surface area contributed by atoms with E-state index in [-0.39, 0.29) is 5.91 Å². The van der Waals surface area contributed by atoms with E-state index in [0.29, 0.717) is 13.0 Å². The predicted octanol–water partition coefficient (Wildman–Crippen LogP) is 4.03. The Balaban J connectivity index is 1.46. The van der Waals surface area contributed by atoms with Gasteiger partial charge in [0.15, 0.2) is 6.10 Å². The van der Waals surface area contributed by atoms with Gasteiger partial charge in [-0.15, -0.1) is 0 Å². The second-order valence-corrected chi connectivity index (χ2v) is 7.22. The average molecular weight is 367 g/mol. The number of ether oxygens (including phenoxy) is 1. The molecule has 1 unspecified atom stereocenters. The third-order valence-corrected chi connectivity index (χ3v) is 5.37. The van der Waals surface area contributed by atoms with Crippen LogP contribution in [0.4, 0.5) is 5.69 Å². The smallest absolute Gasteiger partial charge is 0.261 e. The van der Waals surface area contributed by atoms with Crippen LogP contribution >= 0.6 is 0 Å². The number of fused-ring (bicyclic) bond motifs is 1. The first-order valence-electron chi connectivity index (χ1n) is 9.93. The molecule has 0 aliphatic carbocycles. The molecule has 27 heavy (non-hydrogen) atoms. The topological polar surface area (TPSA) is 41.6 Å². The van der Waals surface area contributed by atoms with Crippen molar-refractivity contribution in [3.8, 4) is 5.75 Å². The van der Waals surface area contributed by atoms with Crippen LogP contribution in [0.2, 0.25) is 0 Å². The maximum Gasteiger partial charge on any atom is 0.261 e. The molecule has 2 aromatic rings. The summed E-state index contributed by atoms with van der Waals surface area (Å²) in [5, 5.41) is 3.05. The predicted molar refractivity (Wildman–Crippen MR) is 111 cm³/mol. The minimum Gasteiger partial charge on any atom is -0.480 e. The molecule has 1 aliphatic rings. The van der Waals surface area contributed by atoms with Gasteiger partial charge in [-0.25, -0.2) is 0 Å². The van der Waals surface area contributed by atoms with E-state index < -0.39 is 6.10 Å². The van der Waals surface area contributed by atoms with Crippen molar-refractivity contribution in [2.24, 2.45) is 0 Å². The van der Waals surface area contributed by atoms with Crippen LogP contribution in [-0.2, 0) is 11.2 Å². The zero-order valence-electron chi connectivity index (χ0n) is 16.6. The highest BCUT2D eigenvalue weighted by molar-refractivity contribution is 5.81. The summed E-state index contributed by atoms with van der Waals surface area (Å²) in [5.41, 5.74) is 5.04. The molecule has 0 aromatic heterocycles. The first-order chi connectivity index (χ1) is 13.1. The number of hydrogen-bond donors (Lipinski definition) is 1. The second-order valence-electron chi connectivity index (χ2n) is 7.22. The molecule has 1 heterocycles. The van der Waals surface area contributed by atoms with E-state index in [9.17, 15) is 4.79 Å². The van der Waals surface area contributed by atoms with Crippen molar-refractivity contribution in [1.29, 1.82) is 0 Å². The lowest BCUT2D eigenvalue weighted by Crippen LogP contribution is -2.39. The SMILES string of the molecule is CCC(Oc1cccc(C)c1C)C(=O)NCCCN1CCc2ccccc21. The molecule has 0 saturated carbocycles. The molecule has 1 atom stereocenters. The van der Waals surface area contributed by atoms with Crippen molar-refractivity contribution < 1.29 is 9.53 Å². The molecule has 2 aromatic carbocycles. The first-order valence-corrected chi connectivity index (χ1v) is 9.93. The number of anilines is 1. The Morgan fingerprint density at radius 2 is 2.00 bits per heavy atom. The zero-order chi connectivity index (χ0) is 19.2. The maximum absolute atomic E-state index is 12.5. The Kier molecular flexibility index (Phi) is 6.38. The standard InChI is InChI=1S/C23H30N2O2/c1-4-21(27-22-12-7-9-17(2)18(22)3)23(26)24-14-8-15-25-16-13-19-10-5-6-11-20(19)25/h5-7,9-12,21H,4,8,13-16H2,1-3H3,(H,24,26). The molecule has 1 N–H and O–H groups in total. The molecule has 4 heteroatoms. The van der Waals surface area contributed by atoms with Gasteiger partial charge in [-0.05, 0) is 61.9 Å². The normalized spacial score (nSPS) is 14.0. The summed E-state index contributed by atoms with van der Waals surface area (Å²) >= 11 is 0. The van der Waals surface area contributed by atoms with Crippen LogP contribution in [0, 0.1) is 13.8 Å². The molecule has 0 bridgehead atoms. The summed E-state index contributed by atoms with van der Waals surface area (Å²) < 4.78 is 5.99. The van der Waals surface area contributed by atoms with Crippen LogP contribution in [0.1, 0.15) is 36.5 Å². The van der Waals surface area contributed by atoms with Crippen LogP contribution in [0.5, 0.6) is 5.75 Å². The van der Waals surface area contributed by atoms with Crippen molar-refractivity contribution in [3.05, 3.63) is 59.2 Å². The summed E-state index contributed by atoms with van der Waals surface area (Å²) in [6, 6.07) is 14.5. The monoisotopic (exact) mass is 366 g/mol. The van der Waals surface area contributed by atoms with Crippen LogP contribution < -0.4 is 15.0 Å². The van der Waals surface area contributed by atoms with Crippen molar-refractivity contribution >= 4 is 11.6 Å². The van der Waals surface area contributed by atoms with Crippen molar-refractivity contribution in [3.63, 3.8) is 0 Å². The Hall–Kier alpha value is -2.49. The van der Waals surface area contributed by atoms with E-state index in [0.717, 1.165) is 37.2 Å². The molecule has 0 spiro atoms.